The molecule has 0 saturated carbocycles. The number of hydrogen-bond donors (Lipinski definition) is 0. The number of carbonyl (C=O) groups is 3. The molecule has 262 valence electrons. The van der Waals surface area contributed by atoms with Gasteiger partial charge >= 0.3 is 6.18 Å². The number of ether oxygens (including phenoxy) is 1. The van der Waals surface area contributed by atoms with Crippen molar-refractivity contribution >= 4 is 34.9 Å². The van der Waals surface area contributed by atoms with Gasteiger partial charge in [0.2, 0.25) is 17.7 Å². The lowest BCUT2D eigenvalue weighted by molar-refractivity contribution is -0.139. The van der Waals surface area contributed by atoms with Crippen LogP contribution in [0.5, 0.6) is 0 Å². The standard InChI is InChI=1S/C34H39F4N7O4/c1-4-29(46)43-16-23(17-43)44-10-11-49-27-19-41(18-26(27)44)8-9-42-15-21-13-30(47)45(28-14-22(34(36,37)38)12-20(2)39-28)31(21)33(48)40(3)25-7-5-6-24(35)32(25)42/h4-7,12,14,21,23,26-27,31H,1,8-11,13,15-19H2,2-3H3/t21-,26+,27+,31+/m1/s1. The fraction of sp³-hybridized carbons (Fsp3) is 0.529. The Bertz CT molecular complexity index is 1670. The highest BCUT2D eigenvalue weighted by Gasteiger charge is 2.50. The summed E-state index contributed by atoms with van der Waals surface area (Å²) in [5.41, 5.74) is -0.341. The number of amides is 3. The SMILES string of the molecule is C=CC(=O)N1CC(N2CCO[C@H]3CN(CCN4C[C@H]5CC(=O)N(c6cc(C(F)(F)F)cc(C)n6)[C@@H]5C(=O)N(C)c5cccc(F)c54)C[C@@H]32)C1. The molecule has 0 spiro atoms. The zero-order valence-corrected chi connectivity index (χ0v) is 27.4. The second-order valence-electron chi connectivity index (χ2n) is 13.6. The number of para-hydroxylation sites is 1. The Labute approximate surface area is 281 Å². The van der Waals surface area contributed by atoms with Gasteiger partial charge < -0.3 is 19.4 Å². The molecule has 15 heteroatoms. The smallest absolute Gasteiger partial charge is 0.374 e. The van der Waals surface area contributed by atoms with Gasteiger partial charge in [-0.05, 0) is 37.3 Å². The maximum absolute atomic E-state index is 15.7. The molecule has 5 aliphatic rings. The number of pyridine rings is 1. The number of alkyl halides is 3. The average Bonchev–Trinajstić information content (AvgIpc) is 3.60. The van der Waals surface area contributed by atoms with Crippen LogP contribution in [0.4, 0.5) is 34.8 Å². The summed E-state index contributed by atoms with van der Waals surface area (Å²) in [5.74, 6) is -2.49. The van der Waals surface area contributed by atoms with E-state index >= 15 is 4.39 Å². The molecule has 7 rings (SSSR count). The van der Waals surface area contributed by atoms with Crippen molar-refractivity contribution in [2.45, 2.75) is 43.8 Å². The lowest BCUT2D eigenvalue weighted by atomic mass is 9.95. The number of fused-ring (bicyclic) bond motifs is 3. The van der Waals surface area contributed by atoms with Gasteiger partial charge in [-0.2, -0.15) is 13.2 Å². The molecule has 11 nitrogen and oxygen atoms in total. The number of carbonyl (C=O) groups excluding carboxylic acids is 3. The van der Waals surface area contributed by atoms with Gasteiger partial charge in [-0.25, -0.2) is 9.37 Å². The largest absolute Gasteiger partial charge is 0.416 e. The number of likely N-dealkylation sites (tertiary alicyclic amines) is 2. The number of morpholine rings is 1. The van der Waals surface area contributed by atoms with Crippen LogP contribution in [-0.2, 0) is 25.3 Å². The Morgan fingerprint density at radius 3 is 2.61 bits per heavy atom. The highest BCUT2D eigenvalue weighted by molar-refractivity contribution is 6.10. The van der Waals surface area contributed by atoms with E-state index < -0.39 is 41.3 Å². The number of aromatic nitrogens is 1. The van der Waals surface area contributed by atoms with Crippen LogP contribution < -0.4 is 14.7 Å². The highest BCUT2D eigenvalue weighted by Crippen LogP contribution is 2.41. The summed E-state index contributed by atoms with van der Waals surface area (Å²) in [6.07, 6.45) is -3.45. The molecule has 49 heavy (non-hydrogen) atoms. The predicted octanol–water partition coefficient (Wildman–Crippen LogP) is 2.53. The summed E-state index contributed by atoms with van der Waals surface area (Å²) < 4.78 is 63.1. The Kier molecular flexibility index (Phi) is 8.64. The van der Waals surface area contributed by atoms with E-state index in [1.807, 2.05) is 4.90 Å². The van der Waals surface area contributed by atoms with Gasteiger partial charge in [0.15, 0.2) is 0 Å². The number of hydrogen-bond acceptors (Lipinski definition) is 8. The maximum Gasteiger partial charge on any atom is 0.416 e. The Morgan fingerprint density at radius 2 is 1.88 bits per heavy atom. The minimum Gasteiger partial charge on any atom is -0.374 e. The summed E-state index contributed by atoms with van der Waals surface area (Å²) >= 11 is 0. The number of nitrogens with zero attached hydrogens (tertiary/aromatic N) is 7. The summed E-state index contributed by atoms with van der Waals surface area (Å²) in [4.78, 5) is 54.6. The quantitative estimate of drug-likeness (QED) is 0.339. The van der Waals surface area contributed by atoms with Crippen molar-refractivity contribution < 1.29 is 36.7 Å². The first-order chi connectivity index (χ1) is 23.3. The van der Waals surface area contributed by atoms with E-state index in [4.69, 9.17) is 4.74 Å². The molecule has 3 amide bonds. The Morgan fingerprint density at radius 1 is 1.10 bits per heavy atom. The third-order valence-corrected chi connectivity index (χ3v) is 10.5. The molecule has 0 aliphatic carbocycles. The van der Waals surface area contributed by atoms with Crippen LogP contribution in [-0.4, -0.2) is 128 Å². The maximum atomic E-state index is 15.7. The second-order valence-corrected chi connectivity index (χ2v) is 13.6. The van der Waals surface area contributed by atoms with Crippen LogP contribution in [0.25, 0.3) is 0 Å². The number of likely N-dealkylation sites (N-methyl/N-ethyl adjacent to an activating group) is 1. The van der Waals surface area contributed by atoms with Crippen LogP contribution in [0.3, 0.4) is 0 Å². The summed E-state index contributed by atoms with van der Waals surface area (Å²) in [6.45, 7) is 10.1. The Hall–Kier alpha value is -4.08. The van der Waals surface area contributed by atoms with Gasteiger partial charge in [0.1, 0.15) is 17.7 Å². The van der Waals surface area contributed by atoms with Crippen molar-refractivity contribution in [3.63, 3.8) is 0 Å². The van der Waals surface area contributed by atoms with Gasteiger partial charge in [0.05, 0.1) is 35.7 Å². The van der Waals surface area contributed by atoms with Crippen molar-refractivity contribution in [3.8, 4) is 0 Å². The molecule has 5 aliphatic heterocycles. The van der Waals surface area contributed by atoms with Crippen LogP contribution in [0, 0.1) is 18.7 Å². The third-order valence-electron chi connectivity index (χ3n) is 10.5. The molecule has 0 radical (unpaired) electrons. The van der Waals surface area contributed by atoms with E-state index in [1.165, 1.54) is 37.1 Å². The van der Waals surface area contributed by atoms with E-state index in [0.717, 1.165) is 30.1 Å². The van der Waals surface area contributed by atoms with E-state index in [9.17, 15) is 27.6 Å². The monoisotopic (exact) mass is 685 g/mol. The number of benzene rings is 1. The van der Waals surface area contributed by atoms with Gasteiger partial charge in [-0.3, -0.25) is 29.1 Å². The van der Waals surface area contributed by atoms with Crippen molar-refractivity contribution in [2.75, 3.05) is 80.7 Å². The number of rotatable bonds is 6. The van der Waals surface area contributed by atoms with E-state index in [2.05, 4.69) is 21.4 Å². The normalized spacial score (nSPS) is 26.7. The minimum atomic E-state index is -4.67. The molecular formula is C34H39F4N7O4. The first-order valence-electron chi connectivity index (χ1n) is 16.5. The first kappa shape index (κ1) is 33.4. The summed E-state index contributed by atoms with van der Waals surface area (Å²) in [6, 6.07) is 5.45. The van der Waals surface area contributed by atoms with Gasteiger partial charge in [0.25, 0.3) is 0 Å². The lowest BCUT2D eigenvalue weighted by Gasteiger charge is -2.50. The number of aryl methyl sites for hydroxylation is 1. The number of anilines is 3. The molecule has 0 bridgehead atoms. The average molecular weight is 686 g/mol. The van der Waals surface area contributed by atoms with Gasteiger partial charge in [0, 0.05) is 83.5 Å². The molecule has 1 aromatic heterocycles. The molecular weight excluding hydrogens is 646 g/mol. The van der Waals surface area contributed by atoms with Crippen molar-refractivity contribution in [3.05, 3.63) is 60.1 Å². The molecule has 6 heterocycles. The topological polar surface area (TPSA) is 92.8 Å². The second kappa shape index (κ2) is 12.7. The predicted molar refractivity (Wildman–Crippen MR) is 173 cm³/mol. The van der Waals surface area contributed by atoms with Crippen molar-refractivity contribution in [1.82, 2.24) is 19.7 Å². The third kappa shape index (κ3) is 6.05. The highest BCUT2D eigenvalue weighted by atomic mass is 19.4. The minimum absolute atomic E-state index is 0.00757. The molecule has 0 N–H and O–H groups in total. The molecule has 4 atom stereocenters. The van der Waals surface area contributed by atoms with Crippen LogP contribution in [0.1, 0.15) is 17.7 Å². The zero-order chi connectivity index (χ0) is 34.8. The van der Waals surface area contributed by atoms with Crippen LogP contribution in [0.2, 0.25) is 0 Å². The van der Waals surface area contributed by atoms with Crippen molar-refractivity contribution in [2.24, 2.45) is 5.92 Å². The molecule has 4 saturated heterocycles. The fourth-order valence-electron chi connectivity index (χ4n) is 8.13. The summed E-state index contributed by atoms with van der Waals surface area (Å²) in [7, 11) is 1.49. The first-order valence-corrected chi connectivity index (χ1v) is 16.5. The zero-order valence-electron chi connectivity index (χ0n) is 27.4. The molecule has 1 aromatic carbocycles. The van der Waals surface area contributed by atoms with Crippen LogP contribution in [0.15, 0.2) is 43.0 Å². The molecule has 2 aromatic rings. The van der Waals surface area contributed by atoms with E-state index in [0.29, 0.717) is 45.0 Å². The van der Waals surface area contributed by atoms with Gasteiger partial charge in [-0.15, -0.1) is 0 Å². The fourth-order valence-corrected chi connectivity index (χ4v) is 8.13. The van der Waals surface area contributed by atoms with Crippen LogP contribution >= 0.6 is 0 Å². The summed E-state index contributed by atoms with van der Waals surface area (Å²) in [5, 5.41) is 0. The van der Waals surface area contributed by atoms with E-state index in [1.54, 1.807) is 11.0 Å². The number of halogens is 4. The molecule has 0 unspecified atom stereocenters. The molecule has 4 fully saturated rings. The Balaban J connectivity index is 1.13. The van der Waals surface area contributed by atoms with Crippen molar-refractivity contribution in [1.29, 1.82) is 0 Å². The van der Waals surface area contributed by atoms with E-state index in [-0.39, 0.29) is 54.3 Å². The van der Waals surface area contributed by atoms with Gasteiger partial charge in [-0.1, -0.05) is 12.6 Å². The lowest BCUT2D eigenvalue weighted by Crippen LogP contribution is -2.66.